The minimum Gasteiger partial charge on any atom is -0.445 e. The number of halogens is 3. The predicted molar refractivity (Wildman–Crippen MR) is 140 cm³/mol. The summed E-state index contributed by atoms with van der Waals surface area (Å²) >= 11 is 0. The zero-order valence-electron chi connectivity index (χ0n) is 22.4. The van der Waals surface area contributed by atoms with E-state index in [1.165, 1.54) is 4.90 Å². The van der Waals surface area contributed by atoms with Crippen molar-refractivity contribution in [2.24, 2.45) is 0 Å². The van der Waals surface area contributed by atoms with Crippen molar-refractivity contribution in [2.75, 3.05) is 19.8 Å². The third-order valence-electron chi connectivity index (χ3n) is 7.47. The Hall–Kier alpha value is -4.43. The van der Waals surface area contributed by atoms with Gasteiger partial charge in [-0.3, -0.25) is 9.69 Å². The van der Waals surface area contributed by atoms with E-state index in [9.17, 15) is 22.8 Å². The summed E-state index contributed by atoms with van der Waals surface area (Å²) < 4.78 is 59.2. The lowest BCUT2D eigenvalue weighted by Crippen LogP contribution is -2.54. The molecule has 14 heteroatoms. The molecule has 11 nitrogen and oxygen atoms in total. The molecule has 2 fully saturated rings. The topological polar surface area (TPSA) is 122 Å². The molecule has 3 aliphatic heterocycles. The van der Waals surface area contributed by atoms with Gasteiger partial charge < -0.3 is 19.2 Å². The molecule has 42 heavy (non-hydrogen) atoms. The van der Waals surface area contributed by atoms with E-state index in [2.05, 4.69) is 20.9 Å². The van der Waals surface area contributed by atoms with E-state index in [0.29, 0.717) is 5.56 Å². The molecule has 3 aliphatic rings. The van der Waals surface area contributed by atoms with E-state index >= 15 is 0 Å². The molecule has 4 heterocycles. The summed E-state index contributed by atoms with van der Waals surface area (Å²) in [5.41, 5.74) is 3.79. The predicted octanol–water partition coefficient (Wildman–Crippen LogP) is 3.50. The molecular weight excluding hydrogens is 557 g/mol. The molecule has 0 radical (unpaired) electrons. The van der Waals surface area contributed by atoms with Crippen LogP contribution in [0.25, 0.3) is 5.57 Å². The van der Waals surface area contributed by atoms with Crippen molar-refractivity contribution in [3.63, 3.8) is 0 Å². The quantitative estimate of drug-likeness (QED) is 0.464. The highest BCUT2D eigenvalue weighted by atomic mass is 19.4. The van der Waals surface area contributed by atoms with Crippen LogP contribution in [0.1, 0.15) is 41.8 Å². The maximum absolute atomic E-state index is 14.1. The maximum atomic E-state index is 14.1. The molecule has 2 N–H and O–H groups in total. The van der Waals surface area contributed by atoms with Gasteiger partial charge in [0.15, 0.2) is 0 Å². The smallest absolute Gasteiger partial charge is 0.410 e. The molecule has 4 unspecified atom stereocenters. The average Bonchev–Trinajstić information content (AvgIpc) is 3.63. The second-order valence-corrected chi connectivity index (χ2v) is 10.1. The Balaban J connectivity index is 1.24. The fraction of sp³-hybridized carbons (Fsp3) is 0.357. The number of amides is 2. The standard InChI is InChI=1S/C28H27F3N6O5/c1-16-20(26(38)37-23(32-16)21(18-10-6-3-7-11-18)22(35-37)28(29,30)31)25-34-33-24(42-25)19-15-40-13-12-36(19)27(39)41-14-17-8-4-2-5-9-17/h2-11,19,21-23,32,35H,12-15H2,1H3. The van der Waals surface area contributed by atoms with Crippen LogP contribution in [0.4, 0.5) is 18.0 Å². The number of carbonyl (C=O) groups is 2. The highest BCUT2D eigenvalue weighted by Crippen LogP contribution is 2.42. The number of hydrogen-bond donors (Lipinski definition) is 2. The van der Waals surface area contributed by atoms with E-state index in [1.807, 2.05) is 30.3 Å². The number of nitrogens with one attached hydrogen (secondary N) is 2. The summed E-state index contributed by atoms with van der Waals surface area (Å²) in [5.74, 6) is -2.06. The minimum absolute atomic E-state index is 0.00120. The van der Waals surface area contributed by atoms with Crippen molar-refractivity contribution in [1.29, 1.82) is 0 Å². The van der Waals surface area contributed by atoms with Gasteiger partial charge in [-0.25, -0.2) is 15.2 Å². The first-order valence-corrected chi connectivity index (χ1v) is 13.3. The first-order valence-electron chi connectivity index (χ1n) is 13.3. The summed E-state index contributed by atoms with van der Waals surface area (Å²) in [7, 11) is 0. The van der Waals surface area contributed by atoms with Gasteiger partial charge in [-0.05, 0) is 18.1 Å². The van der Waals surface area contributed by atoms with E-state index in [4.69, 9.17) is 13.9 Å². The molecule has 2 amide bonds. The van der Waals surface area contributed by atoms with Crippen LogP contribution in [-0.4, -0.2) is 70.2 Å². The molecule has 0 spiro atoms. The first-order chi connectivity index (χ1) is 20.2. The number of hydrogen-bond acceptors (Lipinski definition) is 9. The van der Waals surface area contributed by atoms with E-state index in [0.717, 1.165) is 10.6 Å². The molecule has 3 aromatic rings. The van der Waals surface area contributed by atoms with Crippen LogP contribution in [0.15, 0.2) is 70.8 Å². The largest absolute Gasteiger partial charge is 0.445 e. The third kappa shape index (κ3) is 5.18. The Kier molecular flexibility index (Phi) is 7.33. The normalized spacial score (nSPS) is 24.4. The Labute approximate surface area is 238 Å². The van der Waals surface area contributed by atoms with Crippen LogP contribution in [0.5, 0.6) is 0 Å². The van der Waals surface area contributed by atoms with Crippen LogP contribution in [-0.2, 0) is 20.9 Å². The molecule has 0 saturated carbocycles. The summed E-state index contributed by atoms with van der Waals surface area (Å²) in [4.78, 5) is 27.9. The van der Waals surface area contributed by atoms with Crippen molar-refractivity contribution in [1.82, 2.24) is 30.8 Å². The Morgan fingerprint density at radius 3 is 2.52 bits per heavy atom. The maximum Gasteiger partial charge on any atom is 0.410 e. The van der Waals surface area contributed by atoms with E-state index < -0.39 is 42.3 Å². The number of benzene rings is 2. The van der Waals surface area contributed by atoms with Gasteiger partial charge in [0.1, 0.15) is 30.4 Å². The lowest BCUT2D eigenvalue weighted by atomic mass is 9.89. The van der Waals surface area contributed by atoms with E-state index in [1.54, 1.807) is 37.3 Å². The van der Waals surface area contributed by atoms with Gasteiger partial charge in [-0.2, -0.15) is 13.2 Å². The van der Waals surface area contributed by atoms with Gasteiger partial charge >= 0.3 is 12.3 Å². The number of allylic oxidation sites excluding steroid dienone is 1. The number of ether oxygens (including phenoxy) is 2. The fourth-order valence-corrected chi connectivity index (χ4v) is 5.45. The van der Waals surface area contributed by atoms with Crippen LogP contribution in [0, 0.1) is 0 Å². The molecular formula is C28H27F3N6O5. The molecule has 1 aromatic heterocycles. The Morgan fingerprint density at radius 1 is 1.10 bits per heavy atom. The number of alkyl halides is 3. The number of aromatic nitrogens is 2. The number of hydrazine groups is 1. The number of nitrogens with zero attached hydrogens (tertiary/aromatic N) is 4. The summed E-state index contributed by atoms with van der Waals surface area (Å²) in [6, 6.07) is 14.6. The molecule has 6 rings (SSSR count). The van der Waals surface area contributed by atoms with Crippen molar-refractivity contribution in [3.8, 4) is 0 Å². The van der Waals surface area contributed by atoms with Crippen molar-refractivity contribution in [2.45, 2.75) is 43.9 Å². The van der Waals surface area contributed by atoms with Gasteiger partial charge in [-0.15, -0.1) is 10.2 Å². The van der Waals surface area contributed by atoms with Crippen molar-refractivity contribution in [3.05, 3.63) is 89.3 Å². The first kappa shape index (κ1) is 27.7. The fourth-order valence-electron chi connectivity index (χ4n) is 5.45. The lowest BCUT2D eigenvalue weighted by molar-refractivity contribution is -0.161. The van der Waals surface area contributed by atoms with Gasteiger partial charge in [0.05, 0.1) is 19.1 Å². The zero-order chi connectivity index (χ0) is 29.4. The monoisotopic (exact) mass is 584 g/mol. The van der Waals surface area contributed by atoms with Gasteiger partial charge in [0.25, 0.3) is 11.8 Å². The molecule has 2 aromatic carbocycles. The van der Waals surface area contributed by atoms with Gasteiger partial charge in [0, 0.05) is 12.2 Å². The molecule has 220 valence electrons. The summed E-state index contributed by atoms with van der Waals surface area (Å²) in [6.07, 6.45) is -6.25. The molecule has 4 atom stereocenters. The third-order valence-corrected chi connectivity index (χ3v) is 7.47. The lowest BCUT2D eigenvalue weighted by Gasteiger charge is -2.34. The Morgan fingerprint density at radius 2 is 1.81 bits per heavy atom. The number of rotatable bonds is 5. The van der Waals surface area contributed by atoms with Crippen molar-refractivity contribution < 1.29 is 36.7 Å². The SMILES string of the molecule is CC1=C(c2nnc(C3COCCN3C(=O)OCc3ccccc3)o2)C(=O)N2NC(C(F)(F)F)C(c3ccccc3)C2N1. The van der Waals surface area contributed by atoms with Crippen LogP contribution < -0.4 is 10.7 Å². The van der Waals surface area contributed by atoms with Crippen LogP contribution in [0.2, 0.25) is 0 Å². The zero-order valence-corrected chi connectivity index (χ0v) is 22.4. The average molecular weight is 585 g/mol. The highest BCUT2D eigenvalue weighted by molar-refractivity contribution is 6.19. The second-order valence-electron chi connectivity index (χ2n) is 10.1. The number of fused-ring (bicyclic) bond motifs is 1. The Bertz CT molecular complexity index is 1480. The van der Waals surface area contributed by atoms with Gasteiger partial charge in [-0.1, -0.05) is 60.7 Å². The summed E-state index contributed by atoms with van der Waals surface area (Å²) in [5, 5.41) is 12.0. The molecule has 2 saturated heterocycles. The number of carbonyl (C=O) groups excluding carboxylic acids is 2. The van der Waals surface area contributed by atoms with Gasteiger partial charge in [0.2, 0.25) is 5.89 Å². The van der Waals surface area contributed by atoms with Crippen molar-refractivity contribution >= 4 is 17.6 Å². The molecule has 0 aliphatic carbocycles. The van der Waals surface area contributed by atoms with Crippen LogP contribution in [0.3, 0.4) is 0 Å². The number of morpholine rings is 1. The minimum atomic E-state index is -4.63. The van der Waals surface area contributed by atoms with Crippen LogP contribution >= 0.6 is 0 Å². The summed E-state index contributed by atoms with van der Waals surface area (Å²) in [6.45, 7) is 2.16. The second kappa shape index (κ2) is 11.1. The van der Waals surface area contributed by atoms with E-state index in [-0.39, 0.29) is 49.4 Å². The highest BCUT2D eigenvalue weighted by Gasteiger charge is 2.58. The molecule has 0 bridgehead atoms.